The number of carbonyl (C=O) groups is 2. The molecule has 0 N–H and O–H groups in total. The van der Waals surface area contributed by atoms with Gasteiger partial charge in [0.05, 0.1) is 11.4 Å². The first-order valence-electron chi connectivity index (χ1n) is 8.49. The zero-order chi connectivity index (χ0) is 18.1. The number of hydrogen-bond acceptors (Lipinski definition) is 4. The van der Waals surface area contributed by atoms with Gasteiger partial charge in [-0.15, -0.1) is 5.10 Å². The molecule has 2 aromatic carbocycles. The van der Waals surface area contributed by atoms with Gasteiger partial charge in [0, 0.05) is 19.5 Å². The Morgan fingerprint density at radius 1 is 1.15 bits per heavy atom. The Morgan fingerprint density at radius 3 is 2.73 bits per heavy atom. The van der Waals surface area contributed by atoms with Crippen LogP contribution >= 0.6 is 0 Å². The molecule has 0 aliphatic carbocycles. The highest BCUT2D eigenvalue weighted by atomic mass is 19.1. The number of amides is 1. The van der Waals surface area contributed by atoms with Crippen LogP contribution in [0.1, 0.15) is 16.8 Å². The molecule has 1 fully saturated rings. The second kappa shape index (κ2) is 6.67. The van der Waals surface area contributed by atoms with Gasteiger partial charge in [-0.2, -0.15) is 4.68 Å². The molecule has 1 atom stereocenters. The second-order valence-corrected chi connectivity index (χ2v) is 6.45. The largest absolute Gasteiger partial charge is 0.342 e. The van der Waals surface area contributed by atoms with Crippen LogP contribution in [0.4, 0.5) is 4.39 Å². The third kappa shape index (κ3) is 3.08. The van der Waals surface area contributed by atoms with E-state index in [9.17, 15) is 14.0 Å². The van der Waals surface area contributed by atoms with Gasteiger partial charge in [0.25, 0.3) is 5.91 Å². The number of fused-ring (bicyclic) bond motifs is 1. The highest BCUT2D eigenvalue weighted by molar-refractivity contribution is 5.94. The molecule has 0 bridgehead atoms. The number of carbonyl (C=O) groups excluding carboxylic acids is 2. The maximum atomic E-state index is 13.0. The molecule has 1 amide bonds. The topological polar surface area (TPSA) is 68.1 Å². The van der Waals surface area contributed by atoms with Crippen LogP contribution < -0.4 is 0 Å². The Labute approximate surface area is 149 Å². The summed E-state index contributed by atoms with van der Waals surface area (Å²) < 4.78 is 14.2. The Morgan fingerprint density at radius 2 is 1.92 bits per heavy atom. The third-order valence-electron chi connectivity index (χ3n) is 4.71. The Bertz CT molecular complexity index is 967. The fourth-order valence-corrected chi connectivity index (χ4v) is 3.27. The summed E-state index contributed by atoms with van der Waals surface area (Å²) >= 11 is 0. The normalized spacial score (nSPS) is 17.2. The summed E-state index contributed by atoms with van der Waals surface area (Å²) in [4.78, 5) is 26.7. The molecule has 1 aliphatic heterocycles. The standard InChI is InChI=1S/C19H17FN4O2/c20-15-7-5-13(6-8-15)9-10-23-12-14(11-18(23)25)19(26)24-17-4-2-1-3-16(17)21-22-24/h1-8,14H,9-12H2. The van der Waals surface area contributed by atoms with Crippen molar-refractivity contribution in [2.75, 3.05) is 13.1 Å². The van der Waals surface area contributed by atoms with E-state index in [4.69, 9.17) is 0 Å². The van der Waals surface area contributed by atoms with Crippen molar-refractivity contribution < 1.29 is 14.0 Å². The molecule has 7 heteroatoms. The molecular formula is C19H17FN4O2. The first kappa shape index (κ1) is 16.4. The number of benzene rings is 2. The van der Waals surface area contributed by atoms with Crippen molar-refractivity contribution in [3.8, 4) is 0 Å². The van der Waals surface area contributed by atoms with E-state index in [-0.39, 0.29) is 24.1 Å². The van der Waals surface area contributed by atoms with Crippen molar-refractivity contribution >= 4 is 22.8 Å². The predicted molar refractivity (Wildman–Crippen MR) is 92.9 cm³/mol. The SMILES string of the molecule is O=C1CC(C(=O)n2nnc3ccccc32)CN1CCc1ccc(F)cc1. The van der Waals surface area contributed by atoms with E-state index in [2.05, 4.69) is 10.3 Å². The maximum absolute atomic E-state index is 13.0. The molecule has 0 spiro atoms. The summed E-state index contributed by atoms with van der Waals surface area (Å²) in [5, 5.41) is 7.94. The van der Waals surface area contributed by atoms with Gasteiger partial charge in [-0.1, -0.05) is 29.5 Å². The maximum Gasteiger partial charge on any atom is 0.254 e. The molecule has 3 aromatic rings. The first-order valence-corrected chi connectivity index (χ1v) is 8.49. The van der Waals surface area contributed by atoms with Crippen LogP contribution in [0.3, 0.4) is 0 Å². The molecule has 0 radical (unpaired) electrons. The Hall–Kier alpha value is -3.09. The zero-order valence-electron chi connectivity index (χ0n) is 14.0. The van der Waals surface area contributed by atoms with Gasteiger partial charge < -0.3 is 4.90 Å². The van der Waals surface area contributed by atoms with Crippen molar-refractivity contribution in [3.05, 3.63) is 59.9 Å². The zero-order valence-corrected chi connectivity index (χ0v) is 14.0. The number of likely N-dealkylation sites (tertiary alicyclic amines) is 1. The van der Waals surface area contributed by atoms with Crippen LogP contribution in [-0.4, -0.2) is 44.8 Å². The van der Waals surface area contributed by atoms with E-state index in [1.807, 2.05) is 12.1 Å². The molecule has 1 unspecified atom stereocenters. The van der Waals surface area contributed by atoms with Gasteiger partial charge in [-0.05, 0) is 36.2 Å². The minimum Gasteiger partial charge on any atom is -0.342 e. The first-order chi connectivity index (χ1) is 12.6. The summed E-state index contributed by atoms with van der Waals surface area (Å²) in [6, 6.07) is 13.5. The van der Waals surface area contributed by atoms with E-state index in [0.717, 1.165) is 5.56 Å². The monoisotopic (exact) mass is 352 g/mol. The summed E-state index contributed by atoms with van der Waals surface area (Å²) in [7, 11) is 0. The molecule has 2 heterocycles. The fraction of sp³-hybridized carbons (Fsp3) is 0.263. The van der Waals surface area contributed by atoms with Gasteiger partial charge in [0.2, 0.25) is 5.91 Å². The van der Waals surface area contributed by atoms with E-state index in [0.29, 0.717) is 30.5 Å². The fourth-order valence-electron chi connectivity index (χ4n) is 3.27. The number of nitrogens with zero attached hydrogens (tertiary/aromatic N) is 4. The average Bonchev–Trinajstić information content (AvgIpc) is 3.24. The number of aromatic nitrogens is 3. The highest BCUT2D eigenvalue weighted by Gasteiger charge is 2.35. The number of halogens is 1. The number of hydrogen-bond donors (Lipinski definition) is 0. The lowest BCUT2D eigenvalue weighted by atomic mass is 10.1. The third-order valence-corrected chi connectivity index (χ3v) is 4.71. The Kier molecular flexibility index (Phi) is 4.20. The molecule has 0 saturated carbocycles. The summed E-state index contributed by atoms with van der Waals surface area (Å²) in [6.07, 6.45) is 0.801. The van der Waals surface area contributed by atoms with Crippen molar-refractivity contribution in [2.45, 2.75) is 12.8 Å². The van der Waals surface area contributed by atoms with Gasteiger partial charge in [0.1, 0.15) is 11.3 Å². The molecule has 1 aromatic heterocycles. The second-order valence-electron chi connectivity index (χ2n) is 6.45. The van der Waals surface area contributed by atoms with Gasteiger partial charge in [0.15, 0.2) is 0 Å². The van der Waals surface area contributed by atoms with Gasteiger partial charge in [-0.3, -0.25) is 9.59 Å². The summed E-state index contributed by atoms with van der Waals surface area (Å²) in [5.41, 5.74) is 2.25. The molecule has 4 rings (SSSR count). The van der Waals surface area contributed by atoms with Crippen LogP contribution in [0, 0.1) is 11.7 Å². The molecule has 132 valence electrons. The van der Waals surface area contributed by atoms with Crippen LogP contribution in [0.25, 0.3) is 11.0 Å². The van der Waals surface area contributed by atoms with Crippen molar-refractivity contribution in [1.82, 2.24) is 19.9 Å². The van der Waals surface area contributed by atoms with Crippen molar-refractivity contribution in [1.29, 1.82) is 0 Å². The average molecular weight is 352 g/mol. The van der Waals surface area contributed by atoms with Gasteiger partial charge >= 0.3 is 0 Å². The molecule has 6 nitrogen and oxygen atoms in total. The van der Waals surface area contributed by atoms with E-state index < -0.39 is 5.92 Å². The van der Waals surface area contributed by atoms with Gasteiger partial charge in [-0.25, -0.2) is 4.39 Å². The molecule has 1 saturated heterocycles. The lowest BCUT2D eigenvalue weighted by molar-refractivity contribution is -0.127. The van der Waals surface area contributed by atoms with E-state index >= 15 is 0 Å². The van der Waals surface area contributed by atoms with Crippen molar-refractivity contribution in [2.24, 2.45) is 5.92 Å². The quantitative estimate of drug-likeness (QED) is 0.723. The summed E-state index contributed by atoms with van der Waals surface area (Å²) in [5.74, 6) is -0.969. The molecule has 1 aliphatic rings. The van der Waals surface area contributed by atoms with Crippen LogP contribution in [0.5, 0.6) is 0 Å². The predicted octanol–water partition coefficient (Wildman–Crippen LogP) is 2.30. The summed E-state index contributed by atoms with van der Waals surface area (Å²) in [6.45, 7) is 0.874. The minimum absolute atomic E-state index is 0.0464. The number of rotatable bonds is 4. The van der Waals surface area contributed by atoms with Crippen LogP contribution in [0.15, 0.2) is 48.5 Å². The minimum atomic E-state index is -0.430. The number of para-hydroxylation sites is 1. The van der Waals surface area contributed by atoms with E-state index in [1.54, 1.807) is 29.2 Å². The lowest BCUT2D eigenvalue weighted by Crippen LogP contribution is -2.30. The van der Waals surface area contributed by atoms with Crippen LogP contribution in [0.2, 0.25) is 0 Å². The lowest BCUT2D eigenvalue weighted by Gasteiger charge is -2.16. The van der Waals surface area contributed by atoms with Crippen LogP contribution in [-0.2, 0) is 11.2 Å². The smallest absolute Gasteiger partial charge is 0.254 e. The van der Waals surface area contributed by atoms with Crippen molar-refractivity contribution in [3.63, 3.8) is 0 Å². The van der Waals surface area contributed by atoms with E-state index in [1.165, 1.54) is 16.8 Å². The molecular weight excluding hydrogens is 335 g/mol. The Balaban J connectivity index is 1.43. The molecule has 26 heavy (non-hydrogen) atoms. The highest BCUT2D eigenvalue weighted by Crippen LogP contribution is 2.22.